The predicted molar refractivity (Wildman–Crippen MR) is 102 cm³/mol. The van der Waals surface area contributed by atoms with E-state index < -0.39 is 0 Å². The molecule has 0 radical (unpaired) electrons. The van der Waals surface area contributed by atoms with Crippen molar-refractivity contribution in [2.24, 2.45) is 5.10 Å². The number of carbonyl (C=O) groups excluding carboxylic acids is 1. The summed E-state index contributed by atoms with van der Waals surface area (Å²) < 4.78 is 1.92. The highest BCUT2D eigenvalue weighted by Crippen LogP contribution is 2.22. The smallest absolute Gasteiger partial charge is 0.271 e. The van der Waals surface area contributed by atoms with Crippen LogP contribution in [0.2, 0.25) is 15.1 Å². The van der Waals surface area contributed by atoms with Gasteiger partial charge in [0, 0.05) is 22.5 Å². The fourth-order valence-electron chi connectivity index (χ4n) is 2.20. The molecule has 0 spiro atoms. The molecule has 0 saturated heterocycles. The van der Waals surface area contributed by atoms with Gasteiger partial charge in [-0.3, -0.25) is 4.79 Å². The van der Waals surface area contributed by atoms with Crippen LogP contribution in [-0.4, -0.2) is 16.7 Å². The lowest BCUT2D eigenvalue weighted by Gasteiger charge is -2.06. The Hall–Kier alpha value is -2.27. The van der Waals surface area contributed by atoms with Gasteiger partial charge in [0.25, 0.3) is 5.91 Å². The van der Waals surface area contributed by atoms with Crippen molar-refractivity contribution in [3.63, 3.8) is 0 Å². The molecular formula is C18H12Cl3N3O. The SMILES string of the molecule is O=C(N/N=C\c1cccn1-c1ccc(Cl)cc1)c1ccc(Cl)c(Cl)c1. The van der Waals surface area contributed by atoms with E-state index in [0.717, 1.165) is 11.4 Å². The third-order valence-corrected chi connectivity index (χ3v) is 4.42. The first kappa shape index (κ1) is 17.5. The summed E-state index contributed by atoms with van der Waals surface area (Å²) in [5, 5.41) is 5.37. The number of rotatable bonds is 4. The summed E-state index contributed by atoms with van der Waals surface area (Å²) in [5.41, 5.74) is 4.58. The van der Waals surface area contributed by atoms with Crippen LogP contribution in [0, 0.1) is 0 Å². The van der Waals surface area contributed by atoms with Crippen LogP contribution in [0.1, 0.15) is 16.1 Å². The molecule has 0 aliphatic heterocycles. The highest BCUT2D eigenvalue weighted by atomic mass is 35.5. The molecule has 7 heteroatoms. The summed E-state index contributed by atoms with van der Waals surface area (Å²) in [4.78, 5) is 12.1. The van der Waals surface area contributed by atoms with Crippen LogP contribution < -0.4 is 5.43 Å². The Balaban J connectivity index is 1.73. The third kappa shape index (κ3) is 4.23. The molecule has 25 heavy (non-hydrogen) atoms. The fraction of sp³-hybridized carbons (Fsp3) is 0. The van der Waals surface area contributed by atoms with Crippen molar-refractivity contribution in [2.75, 3.05) is 0 Å². The highest BCUT2D eigenvalue weighted by Gasteiger charge is 2.07. The molecule has 1 aromatic heterocycles. The molecule has 1 N–H and O–H groups in total. The number of nitrogens with zero attached hydrogens (tertiary/aromatic N) is 2. The summed E-state index contributed by atoms with van der Waals surface area (Å²) in [6.07, 6.45) is 3.45. The molecule has 1 amide bonds. The zero-order valence-corrected chi connectivity index (χ0v) is 15.1. The van der Waals surface area contributed by atoms with E-state index in [1.807, 2.05) is 47.2 Å². The molecule has 126 valence electrons. The van der Waals surface area contributed by atoms with E-state index in [9.17, 15) is 4.79 Å². The van der Waals surface area contributed by atoms with Gasteiger partial charge in [-0.25, -0.2) is 5.43 Å². The number of carbonyl (C=O) groups is 1. The first-order valence-electron chi connectivity index (χ1n) is 7.26. The molecule has 0 fully saturated rings. The lowest BCUT2D eigenvalue weighted by atomic mass is 10.2. The van der Waals surface area contributed by atoms with Gasteiger partial charge in [0.1, 0.15) is 0 Å². The second-order valence-corrected chi connectivity index (χ2v) is 6.36. The minimum absolute atomic E-state index is 0.315. The van der Waals surface area contributed by atoms with Gasteiger partial charge < -0.3 is 4.57 Å². The predicted octanol–water partition coefficient (Wildman–Crippen LogP) is 5.20. The Bertz CT molecular complexity index is 933. The topological polar surface area (TPSA) is 46.4 Å². The molecular weight excluding hydrogens is 381 g/mol. The minimum Gasteiger partial charge on any atom is -0.316 e. The average molecular weight is 393 g/mol. The van der Waals surface area contributed by atoms with Gasteiger partial charge in [0.15, 0.2) is 0 Å². The number of hydrazone groups is 1. The summed E-state index contributed by atoms with van der Waals surface area (Å²) in [7, 11) is 0. The van der Waals surface area contributed by atoms with Crippen LogP contribution in [0.15, 0.2) is 65.9 Å². The molecule has 0 bridgehead atoms. The second kappa shape index (κ2) is 7.74. The molecule has 0 aliphatic rings. The number of hydrogen-bond donors (Lipinski definition) is 1. The lowest BCUT2D eigenvalue weighted by molar-refractivity contribution is 0.0955. The zero-order valence-electron chi connectivity index (χ0n) is 12.8. The molecule has 0 atom stereocenters. The molecule has 4 nitrogen and oxygen atoms in total. The number of benzene rings is 2. The van der Waals surface area contributed by atoms with E-state index >= 15 is 0 Å². The van der Waals surface area contributed by atoms with Crippen LogP contribution in [0.25, 0.3) is 5.69 Å². The second-order valence-electron chi connectivity index (χ2n) is 5.11. The number of nitrogens with one attached hydrogen (secondary N) is 1. The highest BCUT2D eigenvalue weighted by molar-refractivity contribution is 6.42. The summed E-state index contributed by atoms with van der Waals surface area (Å²) in [6, 6.07) is 15.8. The Labute approximate surface area is 159 Å². The number of halogens is 3. The maximum atomic E-state index is 12.1. The van der Waals surface area contributed by atoms with Crippen molar-refractivity contribution >= 4 is 46.9 Å². The van der Waals surface area contributed by atoms with E-state index in [-0.39, 0.29) is 5.91 Å². The van der Waals surface area contributed by atoms with Crippen LogP contribution in [0.3, 0.4) is 0 Å². The molecule has 3 rings (SSSR count). The van der Waals surface area contributed by atoms with Crippen LogP contribution in [0.4, 0.5) is 0 Å². The van der Waals surface area contributed by atoms with E-state index in [0.29, 0.717) is 20.6 Å². The van der Waals surface area contributed by atoms with Crippen molar-refractivity contribution in [3.05, 3.63) is 87.1 Å². The maximum absolute atomic E-state index is 12.1. The van der Waals surface area contributed by atoms with Gasteiger partial charge in [-0.1, -0.05) is 34.8 Å². The molecule has 3 aromatic rings. The molecule has 0 unspecified atom stereocenters. The monoisotopic (exact) mass is 391 g/mol. The normalized spacial score (nSPS) is 11.0. The lowest BCUT2D eigenvalue weighted by Crippen LogP contribution is -2.17. The van der Waals surface area contributed by atoms with Crippen molar-refractivity contribution in [2.45, 2.75) is 0 Å². The molecule has 0 saturated carbocycles. The summed E-state index contributed by atoms with van der Waals surface area (Å²) in [6.45, 7) is 0. The quantitative estimate of drug-likeness (QED) is 0.481. The van der Waals surface area contributed by atoms with E-state index in [4.69, 9.17) is 34.8 Å². The van der Waals surface area contributed by atoms with E-state index in [1.165, 1.54) is 6.07 Å². The third-order valence-electron chi connectivity index (χ3n) is 3.43. The summed E-state index contributed by atoms with van der Waals surface area (Å²) in [5.74, 6) is -0.376. The molecule has 0 aliphatic carbocycles. The fourth-order valence-corrected chi connectivity index (χ4v) is 2.62. The average Bonchev–Trinajstić information content (AvgIpc) is 3.06. The Morgan fingerprint density at radius 1 is 1.00 bits per heavy atom. The van der Waals surface area contributed by atoms with Crippen molar-refractivity contribution in [1.29, 1.82) is 0 Å². The standard InChI is InChI=1S/C18H12Cl3N3O/c19-13-4-6-14(7-5-13)24-9-1-2-15(24)11-22-23-18(25)12-3-8-16(20)17(21)10-12/h1-11H,(H,23,25)/b22-11-. The minimum atomic E-state index is -0.376. The molecule has 2 aromatic carbocycles. The largest absolute Gasteiger partial charge is 0.316 e. The van der Waals surface area contributed by atoms with Crippen molar-refractivity contribution in [1.82, 2.24) is 9.99 Å². The van der Waals surface area contributed by atoms with Gasteiger partial charge in [0.05, 0.1) is 22.0 Å². The Kier molecular flexibility index (Phi) is 5.43. The number of aromatic nitrogens is 1. The number of amides is 1. The Morgan fingerprint density at radius 3 is 2.48 bits per heavy atom. The van der Waals surface area contributed by atoms with Gasteiger partial charge >= 0.3 is 0 Å². The zero-order chi connectivity index (χ0) is 17.8. The van der Waals surface area contributed by atoms with Gasteiger partial charge in [-0.2, -0.15) is 5.10 Å². The van der Waals surface area contributed by atoms with E-state index in [1.54, 1.807) is 18.3 Å². The summed E-state index contributed by atoms with van der Waals surface area (Å²) >= 11 is 17.7. The Morgan fingerprint density at radius 2 is 1.76 bits per heavy atom. The van der Waals surface area contributed by atoms with Crippen LogP contribution in [-0.2, 0) is 0 Å². The van der Waals surface area contributed by atoms with Gasteiger partial charge in [-0.15, -0.1) is 0 Å². The maximum Gasteiger partial charge on any atom is 0.271 e. The first-order valence-corrected chi connectivity index (χ1v) is 8.40. The molecule has 1 heterocycles. The van der Waals surface area contributed by atoms with E-state index in [2.05, 4.69) is 10.5 Å². The van der Waals surface area contributed by atoms with Crippen LogP contribution in [0.5, 0.6) is 0 Å². The van der Waals surface area contributed by atoms with Gasteiger partial charge in [0.2, 0.25) is 0 Å². The van der Waals surface area contributed by atoms with Crippen molar-refractivity contribution < 1.29 is 4.79 Å². The number of hydrogen-bond acceptors (Lipinski definition) is 2. The van der Waals surface area contributed by atoms with Gasteiger partial charge in [-0.05, 0) is 54.6 Å². The van der Waals surface area contributed by atoms with Crippen LogP contribution >= 0.6 is 34.8 Å². The first-order chi connectivity index (χ1) is 12.0. The van der Waals surface area contributed by atoms with Crippen molar-refractivity contribution in [3.8, 4) is 5.69 Å².